The molecule has 1 aromatic rings. The first-order valence-corrected chi connectivity index (χ1v) is 8.71. The van der Waals surface area contributed by atoms with Crippen LogP contribution in [0.3, 0.4) is 0 Å². The molecule has 22 heavy (non-hydrogen) atoms. The lowest BCUT2D eigenvalue weighted by atomic mass is 9.91. The number of hydrogen-bond acceptors (Lipinski definition) is 5. The number of carbonyl (C=O) groups is 2. The second kappa shape index (κ2) is 6.20. The highest BCUT2D eigenvalue weighted by atomic mass is 79.9. The Balaban J connectivity index is 2.28. The van der Waals surface area contributed by atoms with Gasteiger partial charge in [0.2, 0.25) is 0 Å². The van der Waals surface area contributed by atoms with Crippen LogP contribution < -0.4 is 5.11 Å². The molecule has 1 fully saturated rings. The molecule has 0 aliphatic carbocycles. The van der Waals surface area contributed by atoms with Crippen molar-refractivity contribution >= 4 is 39.3 Å². The standard InChI is InChI=1S/C15H20BrNO4S/c1-14(2,3)21-13(20)17-8-4-7-15(17,12(18)19)9-10-5-6-11(16)22-10/h5-6H,4,7-9H2,1-3H3,(H,18,19)/p-1/t15-/m0/s1. The summed E-state index contributed by atoms with van der Waals surface area (Å²) in [5.74, 6) is -1.22. The third-order valence-electron chi connectivity index (χ3n) is 3.58. The lowest BCUT2D eigenvalue weighted by Gasteiger charge is -2.39. The van der Waals surface area contributed by atoms with Gasteiger partial charge >= 0.3 is 6.09 Å². The number of ether oxygens (including phenoxy) is 1. The molecule has 0 saturated carbocycles. The van der Waals surface area contributed by atoms with Crippen molar-refractivity contribution < 1.29 is 19.4 Å². The molecule has 2 rings (SSSR count). The van der Waals surface area contributed by atoms with Gasteiger partial charge in [0.15, 0.2) is 0 Å². The van der Waals surface area contributed by atoms with Gasteiger partial charge in [0.05, 0.1) is 15.3 Å². The Bertz CT molecular complexity index is 580. The van der Waals surface area contributed by atoms with E-state index in [1.165, 1.54) is 16.2 Å². The van der Waals surface area contributed by atoms with Crippen LogP contribution in [0.25, 0.3) is 0 Å². The number of carboxylic acid groups (broad SMARTS) is 1. The second-order valence-corrected chi connectivity index (χ2v) is 8.98. The highest BCUT2D eigenvalue weighted by Crippen LogP contribution is 2.36. The Morgan fingerprint density at radius 1 is 1.45 bits per heavy atom. The molecule has 0 bridgehead atoms. The van der Waals surface area contributed by atoms with Crippen molar-refractivity contribution in [3.63, 3.8) is 0 Å². The van der Waals surface area contributed by atoms with E-state index in [-0.39, 0.29) is 6.42 Å². The number of likely N-dealkylation sites (tertiary alicyclic amines) is 1. The van der Waals surface area contributed by atoms with Crippen LogP contribution in [0, 0.1) is 0 Å². The molecule has 122 valence electrons. The minimum Gasteiger partial charge on any atom is -0.548 e. The number of thiophene rings is 1. The molecular formula is C15H19BrNO4S-. The summed E-state index contributed by atoms with van der Waals surface area (Å²) < 4.78 is 6.29. The second-order valence-electron chi connectivity index (χ2n) is 6.44. The highest BCUT2D eigenvalue weighted by Gasteiger charge is 2.46. The molecule has 1 atom stereocenters. The first-order chi connectivity index (χ1) is 10.1. The fraction of sp³-hybridized carbons (Fsp3) is 0.600. The predicted molar refractivity (Wildman–Crippen MR) is 85.6 cm³/mol. The van der Waals surface area contributed by atoms with E-state index >= 15 is 0 Å². The van der Waals surface area contributed by atoms with E-state index in [0.29, 0.717) is 19.4 Å². The van der Waals surface area contributed by atoms with E-state index in [2.05, 4.69) is 15.9 Å². The van der Waals surface area contributed by atoms with Crippen molar-refractivity contribution in [2.75, 3.05) is 6.54 Å². The smallest absolute Gasteiger partial charge is 0.411 e. The van der Waals surface area contributed by atoms with Crippen LogP contribution >= 0.6 is 27.3 Å². The maximum Gasteiger partial charge on any atom is 0.411 e. The summed E-state index contributed by atoms with van der Waals surface area (Å²) >= 11 is 4.83. The Morgan fingerprint density at radius 2 is 2.14 bits per heavy atom. The van der Waals surface area contributed by atoms with Crippen LogP contribution in [-0.2, 0) is 16.0 Å². The van der Waals surface area contributed by atoms with Gasteiger partial charge in [-0.05, 0) is 61.7 Å². The molecule has 1 aliphatic heterocycles. The molecular weight excluding hydrogens is 370 g/mol. The minimum atomic E-state index is -1.33. The summed E-state index contributed by atoms with van der Waals surface area (Å²) in [5, 5.41) is 11.8. The van der Waals surface area contributed by atoms with Gasteiger partial charge in [-0.2, -0.15) is 0 Å². The Labute approximate surface area is 142 Å². The predicted octanol–water partition coefficient (Wildman–Crippen LogP) is 2.57. The van der Waals surface area contributed by atoms with Gasteiger partial charge in [0.1, 0.15) is 5.60 Å². The van der Waals surface area contributed by atoms with Gasteiger partial charge in [-0.15, -0.1) is 11.3 Å². The van der Waals surface area contributed by atoms with Crippen molar-refractivity contribution in [1.82, 2.24) is 4.90 Å². The zero-order valence-corrected chi connectivity index (χ0v) is 15.3. The van der Waals surface area contributed by atoms with E-state index in [0.717, 1.165) is 8.66 Å². The van der Waals surface area contributed by atoms with Crippen molar-refractivity contribution in [2.24, 2.45) is 0 Å². The average molecular weight is 389 g/mol. The number of rotatable bonds is 3. The summed E-state index contributed by atoms with van der Waals surface area (Å²) in [6.07, 6.45) is 0.652. The topological polar surface area (TPSA) is 69.7 Å². The molecule has 0 radical (unpaired) electrons. The summed E-state index contributed by atoms with van der Waals surface area (Å²) in [6, 6.07) is 3.74. The Kier molecular flexibility index (Phi) is 4.87. The van der Waals surface area contributed by atoms with Crippen LogP contribution in [0.5, 0.6) is 0 Å². The average Bonchev–Trinajstić information content (AvgIpc) is 2.95. The summed E-state index contributed by atoms with van der Waals surface area (Å²) in [6.45, 7) is 5.66. The first kappa shape index (κ1) is 17.3. The van der Waals surface area contributed by atoms with Gasteiger partial charge in [0, 0.05) is 17.8 Å². The fourth-order valence-corrected chi connectivity index (χ4v) is 4.25. The summed E-state index contributed by atoms with van der Waals surface area (Å²) in [7, 11) is 0. The van der Waals surface area contributed by atoms with E-state index in [4.69, 9.17) is 4.74 Å². The number of halogens is 1. The number of hydrogen-bond donors (Lipinski definition) is 0. The Morgan fingerprint density at radius 3 is 2.64 bits per heavy atom. The van der Waals surface area contributed by atoms with Crippen molar-refractivity contribution in [3.8, 4) is 0 Å². The van der Waals surface area contributed by atoms with E-state index < -0.39 is 23.2 Å². The maximum absolute atomic E-state index is 12.4. The zero-order chi connectivity index (χ0) is 16.5. The zero-order valence-electron chi connectivity index (χ0n) is 12.8. The monoisotopic (exact) mass is 388 g/mol. The molecule has 1 amide bonds. The Hall–Kier alpha value is -1.08. The van der Waals surface area contributed by atoms with E-state index in [9.17, 15) is 14.7 Å². The normalized spacial score (nSPS) is 21.9. The molecule has 5 nitrogen and oxygen atoms in total. The third-order valence-corrected chi connectivity index (χ3v) is 5.20. The van der Waals surface area contributed by atoms with Gasteiger partial charge in [0.25, 0.3) is 0 Å². The molecule has 0 spiro atoms. The molecule has 1 aromatic heterocycles. The third kappa shape index (κ3) is 3.63. The summed E-state index contributed by atoms with van der Waals surface area (Å²) in [4.78, 5) is 26.4. The number of aliphatic carboxylic acids is 1. The molecule has 1 aliphatic rings. The summed E-state index contributed by atoms with van der Waals surface area (Å²) in [5.41, 5.74) is -1.99. The molecule has 7 heteroatoms. The molecule has 1 saturated heterocycles. The molecule has 0 N–H and O–H groups in total. The quantitative estimate of drug-likeness (QED) is 0.797. The lowest BCUT2D eigenvalue weighted by Crippen LogP contribution is -2.60. The SMILES string of the molecule is CC(C)(C)OC(=O)N1CCC[C@]1(Cc1ccc(Br)s1)C(=O)[O-]. The van der Waals surface area contributed by atoms with Crippen LogP contribution in [0.2, 0.25) is 0 Å². The van der Waals surface area contributed by atoms with Crippen LogP contribution in [0.4, 0.5) is 4.79 Å². The first-order valence-electron chi connectivity index (χ1n) is 7.10. The number of carbonyl (C=O) groups excluding carboxylic acids is 2. The van der Waals surface area contributed by atoms with Crippen molar-refractivity contribution in [2.45, 2.75) is 51.2 Å². The van der Waals surface area contributed by atoms with E-state index in [1.807, 2.05) is 12.1 Å². The maximum atomic E-state index is 12.4. The number of carboxylic acids is 1. The molecule has 2 heterocycles. The van der Waals surface area contributed by atoms with Crippen LogP contribution in [-0.4, -0.2) is 34.6 Å². The minimum absolute atomic E-state index is 0.241. The molecule has 0 aromatic carbocycles. The number of nitrogens with zero attached hydrogens (tertiary/aromatic N) is 1. The van der Waals surface area contributed by atoms with Gasteiger partial charge in [-0.3, -0.25) is 4.90 Å². The lowest BCUT2D eigenvalue weighted by molar-refractivity contribution is -0.317. The fourth-order valence-electron chi connectivity index (χ4n) is 2.66. The van der Waals surface area contributed by atoms with Gasteiger partial charge in [-0.1, -0.05) is 0 Å². The van der Waals surface area contributed by atoms with Gasteiger partial charge in [-0.25, -0.2) is 4.79 Å². The number of amides is 1. The molecule has 0 unspecified atom stereocenters. The van der Waals surface area contributed by atoms with Crippen LogP contribution in [0.15, 0.2) is 15.9 Å². The van der Waals surface area contributed by atoms with Crippen molar-refractivity contribution in [3.05, 3.63) is 20.8 Å². The van der Waals surface area contributed by atoms with Crippen molar-refractivity contribution in [1.29, 1.82) is 0 Å². The van der Waals surface area contributed by atoms with E-state index in [1.54, 1.807) is 20.8 Å². The largest absolute Gasteiger partial charge is 0.548 e. The van der Waals surface area contributed by atoms with Crippen LogP contribution in [0.1, 0.15) is 38.5 Å². The van der Waals surface area contributed by atoms with Gasteiger partial charge < -0.3 is 14.6 Å². The highest BCUT2D eigenvalue weighted by molar-refractivity contribution is 9.11.